The van der Waals surface area contributed by atoms with E-state index in [9.17, 15) is 0 Å². The van der Waals surface area contributed by atoms with Crippen LogP contribution in [0.15, 0.2) is 58.2 Å². The van der Waals surface area contributed by atoms with Crippen LogP contribution in [0.5, 0.6) is 11.5 Å². The highest BCUT2D eigenvalue weighted by Gasteiger charge is 2.10. The molecule has 0 bridgehead atoms. The normalized spacial score (nSPS) is 10.2. The summed E-state index contributed by atoms with van der Waals surface area (Å²) in [5.41, 5.74) is 1.58. The van der Waals surface area contributed by atoms with Gasteiger partial charge in [0.15, 0.2) is 18.1 Å². The van der Waals surface area contributed by atoms with E-state index >= 15 is 0 Å². The number of hydrogen-bond donors (Lipinski definition) is 0. The van der Waals surface area contributed by atoms with Crippen molar-refractivity contribution in [2.75, 3.05) is 7.11 Å². The highest BCUT2D eigenvalue weighted by atomic mass is 32.2. The number of benzene rings is 2. The molecule has 25 heavy (non-hydrogen) atoms. The SMILES string of the molecule is COc1ccccc1OCc1nnc(SCc2ccccc2C#N)o1. The molecule has 0 atom stereocenters. The molecule has 0 spiro atoms. The molecule has 6 nitrogen and oxygen atoms in total. The smallest absolute Gasteiger partial charge is 0.277 e. The Morgan fingerprint density at radius 3 is 2.64 bits per heavy atom. The molecule has 0 saturated heterocycles. The molecule has 2 aromatic carbocycles. The number of methoxy groups -OCH3 is 1. The summed E-state index contributed by atoms with van der Waals surface area (Å²) < 4.78 is 16.4. The van der Waals surface area contributed by atoms with E-state index in [1.54, 1.807) is 13.2 Å². The summed E-state index contributed by atoms with van der Waals surface area (Å²) >= 11 is 1.38. The molecule has 0 unspecified atom stereocenters. The summed E-state index contributed by atoms with van der Waals surface area (Å²) in [5, 5.41) is 17.5. The molecule has 0 aliphatic heterocycles. The summed E-state index contributed by atoms with van der Waals surface area (Å²) in [6.45, 7) is 0.155. The second-order valence-electron chi connectivity index (χ2n) is 4.96. The van der Waals surface area contributed by atoms with E-state index in [2.05, 4.69) is 16.3 Å². The first-order valence-electron chi connectivity index (χ1n) is 7.49. The fourth-order valence-corrected chi connectivity index (χ4v) is 2.91. The number of rotatable bonds is 7. The van der Waals surface area contributed by atoms with Crippen molar-refractivity contribution in [1.29, 1.82) is 5.26 Å². The Morgan fingerprint density at radius 1 is 1.08 bits per heavy atom. The Labute approximate surface area is 149 Å². The van der Waals surface area contributed by atoms with Crippen LogP contribution >= 0.6 is 11.8 Å². The van der Waals surface area contributed by atoms with Crippen LogP contribution < -0.4 is 9.47 Å². The van der Waals surface area contributed by atoms with E-state index in [1.807, 2.05) is 42.5 Å². The van der Waals surface area contributed by atoms with Gasteiger partial charge >= 0.3 is 0 Å². The largest absolute Gasteiger partial charge is 0.493 e. The van der Waals surface area contributed by atoms with Gasteiger partial charge in [0.1, 0.15) is 0 Å². The highest BCUT2D eigenvalue weighted by molar-refractivity contribution is 7.98. The lowest BCUT2D eigenvalue weighted by Gasteiger charge is -2.07. The van der Waals surface area contributed by atoms with Crippen molar-refractivity contribution in [2.24, 2.45) is 0 Å². The zero-order valence-electron chi connectivity index (χ0n) is 13.5. The van der Waals surface area contributed by atoms with Crippen molar-refractivity contribution < 1.29 is 13.9 Å². The van der Waals surface area contributed by atoms with Crippen LogP contribution in [0.25, 0.3) is 0 Å². The molecule has 126 valence electrons. The third kappa shape index (κ3) is 4.31. The summed E-state index contributed by atoms with van der Waals surface area (Å²) in [4.78, 5) is 0. The van der Waals surface area contributed by atoms with Gasteiger partial charge in [0.2, 0.25) is 0 Å². The number of nitriles is 1. The van der Waals surface area contributed by atoms with Gasteiger partial charge < -0.3 is 13.9 Å². The van der Waals surface area contributed by atoms with Crippen molar-refractivity contribution in [3.05, 3.63) is 65.5 Å². The maximum absolute atomic E-state index is 9.10. The van der Waals surface area contributed by atoms with Crippen molar-refractivity contribution in [2.45, 2.75) is 17.6 Å². The van der Waals surface area contributed by atoms with Gasteiger partial charge in [-0.25, -0.2) is 0 Å². The van der Waals surface area contributed by atoms with Gasteiger partial charge in [-0.1, -0.05) is 42.1 Å². The lowest BCUT2D eigenvalue weighted by molar-refractivity contribution is 0.241. The molecule has 0 aliphatic rings. The molecular formula is C18H15N3O3S. The van der Waals surface area contributed by atoms with E-state index in [-0.39, 0.29) is 6.61 Å². The van der Waals surface area contributed by atoms with E-state index in [0.717, 1.165) is 5.56 Å². The molecule has 0 saturated carbocycles. The first-order chi connectivity index (χ1) is 12.3. The molecule has 3 rings (SSSR count). The second-order valence-corrected chi connectivity index (χ2v) is 5.89. The predicted molar refractivity (Wildman–Crippen MR) is 92.3 cm³/mol. The van der Waals surface area contributed by atoms with Gasteiger partial charge in [-0.15, -0.1) is 10.2 Å². The monoisotopic (exact) mass is 353 g/mol. The fourth-order valence-electron chi connectivity index (χ4n) is 2.13. The third-order valence-electron chi connectivity index (χ3n) is 3.36. The van der Waals surface area contributed by atoms with Gasteiger partial charge in [0.25, 0.3) is 11.1 Å². The molecule has 1 aromatic heterocycles. The molecule has 7 heteroatoms. The van der Waals surface area contributed by atoms with Gasteiger partial charge in [-0.2, -0.15) is 5.26 Å². The van der Waals surface area contributed by atoms with Crippen LogP contribution in [0.4, 0.5) is 0 Å². The minimum absolute atomic E-state index is 0.155. The summed E-state index contributed by atoms with van der Waals surface area (Å²) in [6, 6.07) is 17.0. The number of para-hydroxylation sites is 2. The van der Waals surface area contributed by atoms with Gasteiger partial charge in [0.05, 0.1) is 18.7 Å². The predicted octanol–water partition coefficient (Wildman–Crippen LogP) is 3.82. The minimum Gasteiger partial charge on any atom is -0.493 e. The highest BCUT2D eigenvalue weighted by Crippen LogP contribution is 2.27. The molecular weight excluding hydrogens is 338 g/mol. The van der Waals surface area contributed by atoms with Crippen LogP contribution in [0, 0.1) is 11.3 Å². The summed E-state index contributed by atoms with van der Waals surface area (Å²) in [7, 11) is 1.59. The van der Waals surface area contributed by atoms with Crippen molar-refractivity contribution in [3.8, 4) is 17.6 Å². The Balaban J connectivity index is 1.58. The molecule has 0 N–H and O–H groups in total. The first kappa shape index (κ1) is 16.9. The number of nitrogens with zero attached hydrogens (tertiary/aromatic N) is 3. The standard InChI is InChI=1S/C18H15N3O3S/c1-22-15-8-4-5-9-16(15)23-11-17-20-21-18(24-17)25-12-14-7-3-2-6-13(14)10-19/h2-9H,11-12H2,1H3. The quantitative estimate of drug-likeness (QED) is 0.597. The van der Waals surface area contributed by atoms with Crippen molar-refractivity contribution in [1.82, 2.24) is 10.2 Å². The minimum atomic E-state index is 0.155. The Morgan fingerprint density at radius 2 is 1.84 bits per heavy atom. The average molecular weight is 353 g/mol. The van der Waals surface area contributed by atoms with E-state index in [0.29, 0.717) is 33.9 Å². The molecule has 0 aliphatic carbocycles. The van der Waals surface area contributed by atoms with Gasteiger partial charge in [-0.05, 0) is 23.8 Å². The summed E-state index contributed by atoms with van der Waals surface area (Å²) in [5.74, 6) is 2.21. The molecule has 3 aromatic rings. The third-order valence-corrected chi connectivity index (χ3v) is 4.22. The number of ether oxygens (including phenoxy) is 2. The van der Waals surface area contributed by atoms with Crippen LogP contribution in [-0.2, 0) is 12.4 Å². The Hall–Kier alpha value is -2.98. The second kappa shape index (κ2) is 8.22. The molecule has 0 radical (unpaired) electrons. The maximum Gasteiger partial charge on any atom is 0.277 e. The Kier molecular flexibility index (Phi) is 5.54. The van der Waals surface area contributed by atoms with Gasteiger partial charge in [-0.3, -0.25) is 0 Å². The van der Waals surface area contributed by atoms with Crippen LogP contribution in [0.1, 0.15) is 17.0 Å². The van der Waals surface area contributed by atoms with E-state index < -0.39 is 0 Å². The average Bonchev–Trinajstić information content (AvgIpc) is 3.13. The van der Waals surface area contributed by atoms with Crippen LogP contribution in [0.2, 0.25) is 0 Å². The fraction of sp³-hybridized carbons (Fsp3) is 0.167. The van der Waals surface area contributed by atoms with Crippen LogP contribution in [-0.4, -0.2) is 17.3 Å². The lowest BCUT2D eigenvalue weighted by atomic mass is 10.1. The topological polar surface area (TPSA) is 81.2 Å². The van der Waals surface area contributed by atoms with E-state index in [1.165, 1.54) is 11.8 Å². The molecule has 1 heterocycles. The van der Waals surface area contributed by atoms with Crippen molar-refractivity contribution in [3.63, 3.8) is 0 Å². The first-order valence-corrected chi connectivity index (χ1v) is 8.47. The number of aromatic nitrogens is 2. The molecule has 0 fully saturated rings. The zero-order valence-corrected chi connectivity index (χ0v) is 14.3. The van der Waals surface area contributed by atoms with E-state index in [4.69, 9.17) is 19.2 Å². The van der Waals surface area contributed by atoms with Gasteiger partial charge in [0, 0.05) is 5.75 Å². The van der Waals surface area contributed by atoms with Crippen molar-refractivity contribution >= 4 is 11.8 Å². The number of thioether (sulfide) groups is 1. The zero-order chi connectivity index (χ0) is 17.5. The maximum atomic E-state index is 9.10. The number of hydrogen-bond acceptors (Lipinski definition) is 7. The molecule has 0 amide bonds. The summed E-state index contributed by atoms with van der Waals surface area (Å²) in [6.07, 6.45) is 0. The Bertz CT molecular complexity index is 889. The van der Waals surface area contributed by atoms with Crippen LogP contribution in [0.3, 0.4) is 0 Å². The lowest BCUT2D eigenvalue weighted by Crippen LogP contribution is -1.97.